The highest BCUT2D eigenvalue weighted by Gasteiger charge is 2.30. The summed E-state index contributed by atoms with van der Waals surface area (Å²) in [7, 11) is 1.39. The van der Waals surface area contributed by atoms with Crippen molar-refractivity contribution in [3.8, 4) is 0 Å². The number of benzene rings is 1. The van der Waals surface area contributed by atoms with Gasteiger partial charge in [-0.2, -0.15) is 0 Å². The molecule has 2 atom stereocenters. The number of hydrogen-bond donors (Lipinski definition) is 1. The van der Waals surface area contributed by atoms with Crippen LogP contribution in [0.5, 0.6) is 0 Å². The van der Waals surface area contributed by atoms with E-state index >= 15 is 0 Å². The van der Waals surface area contributed by atoms with Gasteiger partial charge in [-0.1, -0.05) is 30.7 Å². The van der Waals surface area contributed by atoms with Crippen molar-refractivity contribution in [3.63, 3.8) is 0 Å². The number of carbonyl (C=O) groups is 1. The molecule has 2 rings (SSSR count). The summed E-state index contributed by atoms with van der Waals surface area (Å²) >= 11 is 0. The highest BCUT2D eigenvalue weighted by molar-refractivity contribution is 5.68. The Bertz CT molecular complexity index is 414. The number of amides is 1. The van der Waals surface area contributed by atoms with Crippen molar-refractivity contribution in [1.29, 1.82) is 0 Å². The third kappa shape index (κ3) is 1.90. The highest BCUT2D eigenvalue weighted by atomic mass is 16.5. The molecular weight excluding hydrogens is 202 g/mol. The minimum atomic E-state index is -0.355. The van der Waals surface area contributed by atoms with Crippen LogP contribution in [-0.2, 0) is 11.2 Å². The molecule has 1 aromatic rings. The Morgan fingerprint density at radius 2 is 2.25 bits per heavy atom. The van der Waals surface area contributed by atoms with Gasteiger partial charge in [0.25, 0.3) is 0 Å². The van der Waals surface area contributed by atoms with E-state index in [9.17, 15) is 4.79 Å². The molecule has 0 unspecified atom stereocenters. The van der Waals surface area contributed by atoms with Crippen LogP contribution in [0.2, 0.25) is 0 Å². The lowest BCUT2D eigenvalue weighted by Crippen LogP contribution is -2.30. The van der Waals surface area contributed by atoms with Crippen LogP contribution in [0, 0.1) is 12.8 Å². The number of hydrogen-bond acceptors (Lipinski definition) is 2. The Morgan fingerprint density at radius 3 is 2.94 bits per heavy atom. The molecule has 16 heavy (non-hydrogen) atoms. The average Bonchev–Trinajstić information content (AvgIpc) is 2.55. The Kier molecular flexibility index (Phi) is 2.86. The fourth-order valence-electron chi connectivity index (χ4n) is 2.37. The Morgan fingerprint density at radius 1 is 1.50 bits per heavy atom. The third-order valence-corrected chi connectivity index (χ3v) is 3.21. The molecule has 0 spiro atoms. The number of methoxy groups -OCH3 is 1. The van der Waals surface area contributed by atoms with Gasteiger partial charge in [0.05, 0.1) is 13.2 Å². The monoisotopic (exact) mass is 219 g/mol. The summed E-state index contributed by atoms with van der Waals surface area (Å²) in [5.74, 6) is 0.427. The van der Waals surface area contributed by atoms with E-state index in [-0.39, 0.29) is 12.1 Å². The summed E-state index contributed by atoms with van der Waals surface area (Å²) < 4.78 is 4.66. The van der Waals surface area contributed by atoms with Gasteiger partial charge in [0.2, 0.25) is 0 Å². The predicted molar refractivity (Wildman–Crippen MR) is 62.3 cm³/mol. The van der Waals surface area contributed by atoms with Crippen molar-refractivity contribution in [1.82, 2.24) is 5.32 Å². The average molecular weight is 219 g/mol. The van der Waals surface area contributed by atoms with E-state index in [0.29, 0.717) is 5.92 Å². The number of nitrogens with one attached hydrogen (secondary N) is 1. The molecule has 0 saturated carbocycles. The van der Waals surface area contributed by atoms with Crippen LogP contribution in [0.4, 0.5) is 4.79 Å². The van der Waals surface area contributed by atoms with Crippen molar-refractivity contribution < 1.29 is 9.53 Å². The topological polar surface area (TPSA) is 38.3 Å². The molecule has 3 nitrogen and oxygen atoms in total. The number of alkyl carbamates (subject to hydrolysis) is 1. The first-order valence-corrected chi connectivity index (χ1v) is 5.55. The maximum atomic E-state index is 11.3. The lowest BCUT2D eigenvalue weighted by Gasteiger charge is -2.17. The quantitative estimate of drug-likeness (QED) is 0.788. The summed E-state index contributed by atoms with van der Waals surface area (Å²) in [5, 5.41) is 2.90. The van der Waals surface area contributed by atoms with E-state index in [4.69, 9.17) is 0 Å². The third-order valence-electron chi connectivity index (χ3n) is 3.21. The molecule has 0 fully saturated rings. The van der Waals surface area contributed by atoms with E-state index < -0.39 is 0 Å². The zero-order valence-corrected chi connectivity index (χ0v) is 9.91. The van der Waals surface area contributed by atoms with E-state index in [1.165, 1.54) is 23.8 Å². The molecule has 1 amide bonds. The van der Waals surface area contributed by atoms with Crippen molar-refractivity contribution in [3.05, 3.63) is 34.9 Å². The van der Waals surface area contributed by atoms with Crippen molar-refractivity contribution in [2.75, 3.05) is 7.11 Å². The standard InChI is InChI=1S/C13H17NO2/c1-8-4-5-10-7-9(2)12(11(10)6-8)14-13(15)16-3/h4-6,9,12H,7H2,1-3H3,(H,14,15)/t9-,12+/m0/s1. The molecule has 0 aliphatic heterocycles. The Balaban J connectivity index is 2.27. The second kappa shape index (κ2) is 4.16. The van der Waals surface area contributed by atoms with E-state index in [2.05, 4.69) is 42.1 Å². The molecule has 0 aromatic heterocycles. The van der Waals surface area contributed by atoms with Crippen LogP contribution in [0.15, 0.2) is 18.2 Å². The van der Waals surface area contributed by atoms with Crippen molar-refractivity contribution in [2.24, 2.45) is 5.92 Å². The molecule has 86 valence electrons. The summed E-state index contributed by atoms with van der Waals surface area (Å²) in [6.07, 6.45) is 0.663. The van der Waals surface area contributed by atoms with Gasteiger partial charge in [0.15, 0.2) is 0 Å². The number of ether oxygens (including phenoxy) is 1. The van der Waals surface area contributed by atoms with Gasteiger partial charge >= 0.3 is 6.09 Å². The van der Waals surface area contributed by atoms with Crippen LogP contribution in [0.25, 0.3) is 0 Å². The van der Waals surface area contributed by atoms with Crippen LogP contribution < -0.4 is 5.32 Å². The molecule has 0 heterocycles. The first kappa shape index (κ1) is 11.0. The van der Waals surface area contributed by atoms with Gasteiger partial charge in [-0.3, -0.25) is 0 Å². The SMILES string of the molecule is COC(=O)N[C@H]1c2cc(C)ccc2C[C@@H]1C. The van der Waals surface area contributed by atoms with Crippen LogP contribution in [-0.4, -0.2) is 13.2 Å². The summed E-state index contributed by atoms with van der Waals surface area (Å²) in [6.45, 7) is 4.22. The molecule has 3 heteroatoms. The second-order valence-electron chi connectivity index (χ2n) is 4.50. The second-order valence-corrected chi connectivity index (χ2v) is 4.50. The minimum Gasteiger partial charge on any atom is -0.453 e. The van der Waals surface area contributed by atoms with Gasteiger partial charge in [-0.25, -0.2) is 4.79 Å². The fourth-order valence-corrected chi connectivity index (χ4v) is 2.37. The first-order chi connectivity index (χ1) is 7.61. The maximum absolute atomic E-state index is 11.3. The Labute approximate surface area is 95.8 Å². The lowest BCUT2D eigenvalue weighted by molar-refractivity contribution is 0.163. The van der Waals surface area contributed by atoms with Gasteiger partial charge in [0.1, 0.15) is 0 Å². The molecule has 1 N–H and O–H groups in total. The summed E-state index contributed by atoms with van der Waals surface area (Å²) in [6, 6.07) is 6.51. The van der Waals surface area contributed by atoms with Gasteiger partial charge < -0.3 is 10.1 Å². The number of rotatable bonds is 1. The maximum Gasteiger partial charge on any atom is 0.407 e. The Hall–Kier alpha value is -1.51. The van der Waals surface area contributed by atoms with Crippen LogP contribution >= 0.6 is 0 Å². The van der Waals surface area contributed by atoms with E-state index in [0.717, 1.165) is 6.42 Å². The summed E-state index contributed by atoms with van der Waals surface area (Å²) in [5.41, 5.74) is 3.79. The largest absolute Gasteiger partial charge is 0.453 e. The zero-order valence-electron chi connectivity index (χ0n) is 9.91. The fraction of sp³-hybridized carbons (Fsp3) is 0.462. The van der Waals surface area contributed by atoms with Gasteiger partial charge in [0, 0.05) is 0 Å². The molecule has 0 radical (unpaired) electrons. The van der Waals surface area contributed by atoms with Gasteiger partial charge in [-0.05, 0) is 30.4 Å². The zero-order chi connectivity index (χ0) is 11.7. The van der Waals surface area contributed by atoms with Crippen molar-refractivity contribution >= 4 is 6.09 Å². The number of carbonyl (C=O) groups excluding carboxylic acids is 1. The minimum absolute atomic E-state index is 0.0855. The highest BCUT2D eigenvalue weighted by Crippen LogP contribution is 2.36. The summed E-state index contributed by atoms with van der Waals surface area (Å²) in [4.78, 5) is 11.3. The molecular formula is C13H17NO2. The normalized spacial score (nSPS) is 22.7. The van der Waals surface area contributed by atoms with Gasteiger partial charge in [-0.15, -0.1) is 0 Å². The molecule has 0 bridgehead atoms. The van der Waals surface area contributed by atoms with Crippen LogP contribution in [0.1, 0.15) is 29.7 Å². The number of aryl methyl sites for hydroxylation is 1. The van der Waals surface area contributed by atoms with Crippen molar-refractivity contribution in [2.45, 2.75) is 26.3 Å². The first-order valence-electron chi connectivity index (χ1n) is 5.55. The smallest absolute Gasteiger partial charge is 0.407 e. The van der Waals surface area contributed by atoms with E-state index in [1.807, 2.05) is 0 Å². The molecule has 1 aromatic carbocycles. The molecule has 0 saturated heterocycles. The lowest BCUT2D eigenvalue weighted by atomic mass is 10.0. The molecule has 1 aliphatic rings. The van der Waals surface area contributed by atoms with E-state index in [1.54, 1.807) is 0 Å². The molecule has 1 aliphatic carbocycles. The van der Waals surface area contributed by atoms with Crippen LogP contribution in [0.3, 0.4) is 0 Å². The predicted octanol–water partition coefficient (Wildman–Crippen LogP) is 2.58. The number of fused-ring (bicyclic) bond motifs is 1.